The molecule has 5 heavy (non-hydrogen) atoms. The van der Waals surface area contributed by atoms with Crippen LogP contribution in [0.25, 0.3) is 16.0 Å². The Hall–Kier alpha value is 2.10. The van der Waals surface area contributed by atoms with Crippen molar-refractivity contribution >= 4 is 0 Å². The summed E-state index contributed by atoms with van der Waals surface area (Å²) in [6, 6.07) is 0. The predicted molar refractivity (Wildman–Crippen MR) is 10.1 cm³/mol. The van der Waals surface area contributed by atoms with Crippen LogP contribution in [-0.2, 0) is 22.4 Å². The van der Waals surface area contributed by atoms with Gasteiger partial charge in [-0.15, -0.1) is 0 Å². The third-order valence-corrected chi connectivity index (χ3v) is 0. The molecule has 0 unspecified atom stereocenters. The summed E-state index contributed by atoms with van der Waals surface area (Å²) in [5.41, 5.74) is 13.5. The molecule has 5 heteroatoms. The van der Waals surface area contributed by atoms with Gasteiger partial charge in [-0.3, -0.25) is 4.91 Å². The predicted octanol–water partition coefficient (Wildman–Crippen LogP) is -2.13. The average Bonchev–Trinajstić information content (AvgIpc) is 0.918. The average molecular weight is 372 g/mol. The topological polar surface area (TPSA) is 58.7 Å². The maximum absolute atomic E-state index is 6.75. The summed E-state index contributed by atoms with van der Waals surface area (Å²) in [4.78, 5) is 1.50. The van der Waals surface area contributed by atoms with Gasteiger partial charge in [-0.2, -0.15) is 0 Å². The van der Waals surface area contributed by atoms with E-state index in [0.717, 1.165) is 0 Å². The first-order valence-corrected chi connectivity index (χ1v) is 0.400. The molecule has 0 fully saturated rings. The second kappa shape index (κ2) is 16.5. The molecule has 0 atom stereocenters. The van der Waals surface area contributed by atoms with Crippen LogP contribution in [0.4, 0.5) is 0 Å². The van der Waals surface area contributed by atoms with Crippen LogP contribution in [0.15, 0.2) is 0 Å². The molecule has 1 radical (unpaired) electrons. The van der Waals surface area contributed by atoms with Crippen molar-refractivity contribution < 1.29 is 91.3 Å². The molecule has 0 amide bonds. The molecule has 0 aromatic rings. The van der Waals surface area contributed by atoms with Gasteiger partial charge in [0.15, 0.2) is 0 Å². The second-order valence-corrected chi connectivity index (χ2v) is 0.0894. The van der Waals surface area contributed by atoms with E-state index in [9.17, 15) is 0 Å². The standard InChI is InChI=1S/Au.Cs.N3/c;;1-3-2/q;+1;-1. The zero-order chi connectivity index (χ0) is 2.71. The van der Waals surface area contributed by atoms with Gasteiger partial charge in [-0.25, -0.2) is 0 Å². The molecule has 27 valence electrons. The van der Waals surface area contributed by atoms with Gasteiger partial charge in [-0.05, 0) is 0 Å². The molecule has 0 bridgehead atoms. The van der Waals surface area contributed by atoms with Gasteiger partial charge < -0.3 is 11.1 Å². The Kier molecular flexibility index (Phi) is 51.9. The Labute approximate surface area is 104 Å². The van der Waals surface area contributed by atoms with Crippen molar-refractivity contribution in [2.45, 2.75) is 0 Å². The van der Waals surface area contributed by atoms with Crippen molar-refractivity contribution in [2.75, 3.05) is 0 Å². The Morgan fingerprint density at radius 3 is 1.20 bits per heavy atom. The number of nitrogens with zero attached hydrogens (tertiary/aromatic N) is 3. The number of hydrogen-bond donors (Lipinski definition) is 0. The molecule has 0 heterocycles. The van der Waals surface area contributed by atoms with Gasteiger partial charge in [0.05, 0.1) is 0 Å². The zero-order valence-corrected chi connectivity index (χ0v) is 11.1. The Morgan fingerprint density at radius 2 is 1.20 bits per heavy atom. The van der Waals surface area contributed by atoms with Gasteiger partial charge in [0, 0.05) is 22.4 Å². The van der Waals surface area contributed by atoms with E-state index >= 15 is 0 Å². The smallest absolute Gasteiger partial charge is 0.373 e. The molecule has 0 aliphatic carbocycles. The fourth-order valence-electron chi connectivity index (χ4n) is 0. The second-order valence-electron chi connectivity index (χ2n) is 0.0894. The molecule has 0 N–H and O–H groups in total. The summed E-state index contributed by atoms with van der Waals surface area (Å²) in [6.07, 6.45) is 0. The van der Waals surface area contributed by atoms with E-state index in [1.54, 1.807) is 0 Å². The Morgan fingerprint density at radius 1 is 1.20 bits per heavy atom. The van der Waals surface area contributed by atoms with E-state index in [-0.39, 0.29) is 91.3 Å². The fourth-order valence-corrected chi connectivity index (χ4v) is 0. The van der Waals surface area contributed by atoms with Crippen molar-refractivity contribution in [2.24, 2.45) is 0 Å². The van der Waals surface area contributed by atoms with Crippen molar-refractivity contribution in [1.82, 2.24) is 0 Å². The molecule has 0 spiro atoms. The molecule has 0 aromatic carbocycles. The first kappa shape index (κ1) is 15.7. The molecule has 0 saturated carbocycles. The molecular formula is AuCsN3. The first-order valence-electron chi connectivity index (χ1n) is 0.400. The summed E-state index contributed by atoms with van der Waals surface area (Å²) >= 11 is 0. The molecule has 0 saturated heterocycles. The van der Waals surface area contributed by atoms with Gasteiger partial charge >= 0.3 is 68.9 Å². The van der Waals surface area contributed by atoms with E-state index in [4.69, 9.17) is 11.1 Å². The molecule has 0 rings (SSSR count). The van der Waals surface area contributed by atoms with Crippen molar-refractivity contribution in [3.05, 3.63) is 16.0 Å². The van der Waals surface area contributed by atoms with Crippen molar-refractivity contribution in [1.29, 1.82) is 0 Å². The van der Waals surface area contributed by atoms with E-state index in [2.05, 4.69) is 0 Å². The molecule has 0 aliphatic heterocycles. The van der Waals surface area contributed by atoms with Crippen LogP contribution in [0.3, 0.4) is 0 Å². The van der Waals surface area contributed by atoms with E-state index in [1.165, 1.54) is 4.91 Å². The van der Waals surface area contributed by atoms with E-state index in [0.29, 0.717) is 0 Å². The van der Waals surface area contributed by atoms with E-state index in [1.807, 2.05) is 0 Å². The van der Waals surface area contributed by atoms with Gasteiger partial charge in [0.2, 0.25) is 0 Å². The van der Waals surface area contributed by atoms with Gasteiger partial charge in [0.1, 0.15) is 0 Å². The molecular weight excluding hydrogens is 372 g/mol. The van der Waals surface area contributed by atoms with Crippen molar-refractivity contribution in [3.63, 3.8) is 0 Å². The summed E-state index contributed by atoms with van der Waals surface area (Å²) < 4.78 is 0. The van der Waals surface area contributed by atoms with Crippen LogP contribution >= 0.6 is 0 Å². The van der Waals surface area contributed by atoms with Crippen LogP contribution < -0.4 is 68.9 Å². The van der Waals surface area contributed by atoms with Crippen LogP contribution in [0.5, 0.6) is 0 Å². The Balaban J connectivity index is -0.0000000200. The summed E-state index contributed by atoms with van der Waals surface area (Å²) in [5, 5.41) is 0. The minimum atomic E-state index is 0. The number of rotatable bonds is 0. The maximum atomic E-state index is 6.75. The van der Waals surface area contributed by atoms with Crippen LogP contribution in [-0.4, -0.2) is 0 Å². The van der Waals surface area contributed by atoms with Crippen LogP contribution in [0.2, 0.25) is 0 Å². The van der Waals surface area contributed by atoms with Crippen LogP contribution in [0.1, 0.15) is 0 Å². The minimum absolute atomic E-state index is 0. The monoisotopic (exact) mass is 372 g/mol. The number of hydrogen-bond acceptors (Lipinski definition) is 0. The van der Waals surface area contributed by atoms with Crippen LogP contribution in [0, 0.1) is 0 Å². The summed E-state index contributed by atoms with van der Waals surface area (Å²) in [5.74, 6) is 0. The summed E-state index contributed by atoms with van der Waals surface area (Å²) in [6.45, 7) is 0. The SMILES string of the molecule is [Au].[Cs+].[N-]=[N+]=[N-]. The quantitative estimate of drug-likeness (QED) is 0.202. The molecule has 0 aromatic heterocycles. The van der Waals surface area contributed by atoms with E-state index < -0.39 is 0 Å². The fraction of sp³-hybridized carbons (Fsp3) is 0. The van der Waals surface area contributed by atoms with Crippen molar-refractivity contribution in [3.8, 4) is 0 Å². The third-order valence-electron chi connectivity index (χ3n) is 0. The largest absolute Gasteiger partial charge is 1.00 e. The molecule has 0 aliphatic rings. The summed E-state index contributed by atoms with van der Waals surface area (Å²) in [7, 11) is 0. The van der Waals surface area contributed by atoms with Gasteiger partial charge in [0.25, 0.3) is 0 Å². The zero-order valence-electron chi connectivity index (χ0n) is 2.64. The maximum Gasteiger partial charge on any atom is 1.00 e. The van der Waals surface area contributed by atoms with Gasteiger partial charge in [-0.1, -0.05) is 0 Å². The Bertz CT molecular complexity index is 27.9. The minimum Gasteiger partial charge on any atom is -0.373 e. The first-order chi connectivity index (χ1) is 1.41. The normalized spacial score (nSPS) is 1.60. The third kappa shape index (κ3) is 23.2. The molecule has 3 nitrogen and oxygen atoms in total.